The van der Waals surface area contributed by atoms with E-state index in [1.165, 1.54) is 14.2 Å². The molecule has 1 aliphatic rings. The summed E-state index contributed by atoms with van der Waals surface area (Å²) < 4.78 is 27.5. The van der Waals surface area contributed by atoms with Gasteiger partial charge in [-0.05, 0) is 44.0 Å². The maximum absolute atomic E-state index is 12.4. The number of anilines is 1. The van der Waals surface area contributed by atoms with Crippen LogP contribution in [0, 0.1) is 0 Å². The molecular weight excluding hydrogens is 274 g/mol. The molecule has 1 aliphatic heterocycles. The van der Waals surface area contributed by atoms with Crippen molar-refractivity contribution >= 4 is 15.9 Å². The predicted molar refractivity (Wildman–Crippen MR) is 82.2 cm³/mol. The Morgan fingerprint density at radius 1 is 1.35 bits per heavy atom. The molecule has 6 heteroatoms. The third-order valence-corrected chi connectivity index (χ3v) is 5.71. The van der Waals surface area contributed by atoms with E-state index < -0.39 is 10.2 Å². The molecule has 0 radical (unpaired) electrons. The van der Waals surface area contributed by atoms with Crippen LogP contribution in [0.4, 0.5) is 5.69 Å². The highest BCUT2D eigenvalue weighted by Gasteiger charge is 2.29. The molecule has 1 N–H and O–H groups in total. The number of benzene rings is 1. The van der Waals surface area contributed by atoms with E-state index in [4.69, 9.17) is 0 Å². The number of fused-ring (bicyclic) bond motifs is 1. The van der Waals surface area contributed by atoms with Gasteiger partial charge in [-0.3, -0.25) is 4.31 Å². The van der Waals surface area contributed by atoms with Crippen molar-refractivity contribution in [2.45, 2.75) is 25.8 Å². The highest BCUT2D eigenvalue weighted by Crippen LogP contribution is 2.32. The van der Waals surface area contributed by atoms with Crippen LogP contribution in [-0.2, 0) is 16.6 Å². The first-order valence-corrected chi connectivity index (χ1v) is 8.28. The van der Waals surface area contributed by atoms with Crippen LogP contribution in [0.15, 0.2) is 18.2 Å². The molecule has 2 rings (SSSR count). The van der Waals surface area contributed by atoms with Gasteiger partial charge in [0.1, 0.15) is 0 Å². The van der Waals surface area contributed by atoms with Gasteiger partial charge in [0, 0.05) is 26.7 Å². The van der Waals surface area contributed by atoms with Crippen LogP contribution >= 0.6 is 0 Å². The van der Waals surface area contributed by atoms with Crippen molar-refractivity contribution in [1.29, 1.82) is 0 Å². The van der Waals surface area contributed by atoms with Gasteiger partial charge in [-0.1, -0.05) is 12.1 Å². The van der Waals surface area contributed by atoms with Gasteiger partial charge in [0.25, 0.3) is 0 Å². The third-order valence-electron chi connectivity index (χ3n) is 3.85. The molecule has 1 aromatic rings. The fraction of sp³-hybridized carbons (Fsp3) is 0.571. The Hall–Kier alpha value is -1.11. The molecule has 1 atom stereocenters. The van der Waals surface area contributed by atoms with Gasteiger partial charge in [0.05, 0.1) is 5.69 Å². The zero-order valence-electron chi connectivity index (χ0n) is 12.5. The number of nitrogens with zero attached hydrogens (tertiary/aromatic N) is 2. The molecule has 0 aromatic heterocycles. The lowest BCUT2D eigenvalue weighted by Gasteiger charge is -2.33. The predicted octanol–water partition coefficient (Wildman–Crippen LogP) is 1.53. The van der Waals surface area contributed by atoms with E-state index in [1.807, 2.05) is 19.2 Å². The molecule has 0 aliphatic carbocycles. The zero-order chi connectivity index (χ0) is 14.9. The van der Waals surface area contributed by atoms with E-state index in [9.17, 15) is 8.42 Å². The molecular formula is C14H23N3O2S. The number of nitrogens with one attached hydrogen (secondary N) is 1. The third kappa shape index (κ3) is 2.68. The monoisotopic (exact) mass is 297 g/mol. The largest absolute Gasteiger partial charge is 0.313 e. The van der Waals surface area contributed by atoms with Gasteiger partial charge in [-0.25, -0.2) is 0 Å². The van der Waals surface area contributed by atoms with Gasteiger partial charge < -0.3 is 5.32 Å². The van der Waals surface area contributed by atoms with Crippen LogP contribution in [-0.4, -0.2) is 40.4 Å². The van der Waals surface area contributed by atoms with E-state index in [1.54, 1.807) is 14.1 Å². The summed E-state index contributed by atoms with van der Waals surface area (Å²) in [6.45, 7) is 2.65. The molecule has 20 heavy (non-hydrogen) atoms. The average Bonchev–Trinajstić information content (AvgIpc) is 2.44. The van der Waals surface area contributed by atoms with Gasteiger partial charge in [-0.2, -0.15) is 12.7 Å². The Balaban J connectivity index is 2.43. The standard InChI is InChI=1S/C14H23N3O2S/c1-11(15-2)12-7-8-14-13(10-12)6-5-9-17(14)20(18,19)16(3)4/h7-8,10-11,15H,5-6,9H2,1-4H3. The summed E-state index contributed by atoms with van der Waals surface area (Å²) in [6, 6.07) is 6.32. The van der Waals surface area contributed by atoms with Gasteiger partial charge in [-0.15, -0.1) is 0 Å². The Kier molecular flexibility index (Phi) is 4.36. The van der Waals surface area contributed by atoms with E-state index in [0.717, 1.165) is 24.1 Å². The Bertz CT molecular complexity index is 584. The molecule has 0 amide bonds. The van der Waals surface area contributed by atoms with E-state index in [2.05, 4.69) is 18.3 Å². The zero-order valence-corrected chi connectivity index (χ0v) is 13.4. The topological polar surface area (TPSA) is 52.7 Å². The van der Waals surface area contributed by atoms with Gasteiger partial charge in [0.15, 0.2) is 0 Å². The van der Waals surface area contributed by atoms with Crippen LogP contribution < -0.4 is 9.62 Å². The molecule has 112 valence electrons. The summed E-state index contributed by atoms with van der Waals surface area (Å²) in [5.74, 6) is 0. The average molecular weight is 297 g/mol. The molecule has 5 nitrogen and oxygen atoms in total. The molecule has 1 unspecified atom stereocenters. The van der Waals surface area contributed by atoms with Crippen molar-refractivity contribution in [3.05, 3.63) is 29.3 Å². The van der Waals surface area contributed by atoms with Crippen molar-refractivity contribution < 1.29 is 8.42 Å². The summed E-state index contributed by atoms with van der Waals surface area (Å²) in [4.78, 5) is 0. The molecule has 0 saturated heterocycles. The van der Waals surface area contributed by atoms with Crippen LogP contribution in [0.1, 0.15) is 30.5 Å². The van der Waals surface area contributed by atoms with Crippen LogP contribution in [0.5, 0.6) is 0 Å². The molecule has 0 bridgehead atoms. The molecule has 0 fully saturated rings. The van der Waals surface area contributed by atoms with Crippen LogP contribution in [0.25, 0.3) is 0 Å². The van der Waals surface area contributed by atoms with Gasteiger partial charge in [0.2, 0.25) is 0 Å². The van der Waals surface area contributed by atoms with E-state index >= 15 is 0 Å². The normalized spacial score (nSPS) is 17.1. The minimum absolute atomic E-state index is 0.265. The number of aryl methyl sites for hydroxylation is 1. The lowest BCUT2D eigenvalue weighted by molar-refractivity contribution is 0.512. The number of hydrogen-bond acceptors (Lipinski definition) is 3. The lowest BCUT2D eigenvalue weighted by Crippen LogP contribution is -2.42. The first kappa shape index (κ1) is 15.3. The summed E-state index contributed by atoms with van der Waals surface area (Å²) in [5.41, 5.74) is 3.12. The summed E-state index contributed by atoms with van der Waals surface area (Å²) >= 11 is 0. The number of hydrogen-bond donors (Lipinski definition) is 1. The van der Waals surface area contributed by atoms with Crippen molar-refractivity contribution in [1.82, 2.24) is 9.62 Å². The lowest BCUT2D eigenvalue weighted by atomic mass is 9.98. The van der Waals surface area contributed by atoms with E-state index in [0.29, 0.717) is 6.54 Å². The summed E-state index contributed by atoms with van der Waals surface area (Å²) in [5, 5.41) is 3.21. The first-order valence-electron chi connectivity index (χ1n) is 6.88. The van der Waals surface area contributed by atoms with Gasteiger partial charge >= 0.3 is 10.2 Å². The molecule has 1 heterocycles. The van der Waals surface area contributed by atoms with Crippen LogP contribution in [0.3, 0.4) is 0 Å². The minimum atomic E-state index is -3.40. The Morgan fingerprint density at radius 2 is 2.05 bits per heavy atom. The Morgan fingerprint density at radius 3 is 2.65 bits per heavy atom. The highest BCUT2D eigenvalue weighted by atomic mass is 32.2. The quantitative estimate of drug-likeness (QED) is 0.917. The smallest absolute Gasteiger partial charge is 0.303 e. The fourth-order valence-corrected chi connectivity index (χ4v) is 3.64. The SMILES string of the molecule is CNC(C)c1ccc2c(c1)CCCN2S(=O)(=O)N(C)C. The van der Waals surface area contributed by atoms with Crippen molar-refractivity contribution in [3.8, 4) is 0 Å². The fourth-order valence-electron chi connectivity index (χ4n) is 2.46. The summed E-state index contributed by atoms with van der Waals surface area (Å²) in [6.07, 6.45) is 1.79. The Labute approximate surface area is 121 Å². The molecule has 0 saturated carbocycles. The number of rotatable bonds is 4. The highest BCUT2D eigenvalue weighted by molar-refractivity contribution is 7.90. The molecule has 0 spiro atoms. The first-order chi connectivity index (χ1) is 9.37. The van der Waals surface area contributed by atoms with E-state index in [-0.39, 0.29) is 6.04 Å². The van der Waals surface area contributed by atoms with Crippen LogP contribution in [0.2, 0.25) is 0 Å². The van der Waals surface area contributed by atoms with Crippen molar-refractivity contribution in [2.24, 2.45) is 0 Å². The minimum Gasteiger partial charge on any atom is -0.313 e. The maximum Gasteiger partial charge on any atom is 0.303 e. The van der Waals surface area contributed by atoms with Crippen molar-refractivity contribution in [2.75, 3.05) is 32.0 Å². The molecule has 1 aromatic carbocycles. The summed E-state index contributed by atoms with van der Waals surface area (Å²) in [7, 11) is 1.66. The second-order valence-corrected chi connectivity index (χ2v) is 7.43. The van der Waals surface area contributed by atoms with Crippen molar-refractivity contribution in [3.63, 3.8) is 0 Å². The second-order valence-electron chi connectivity index (χ2n) is 5.36. The maximum atomic E-state index is 12.4. The second kappa shape index (κ2) is 5.71.